The summed E-state index contributed by atoms with van der Waals surface area (Å²) in [6.45, 7) is 2.50. The maximum atomic E-state index is 5.08. The predicted molar refractivity (Wildman–Crippen MR) is 37.6 cm³/mol. The van der Waals surface area contributed by atoms with Gasteiger partial charge in [0.15, 0.2) is 0 Å². The SMILES string of the molecule is CCOc1cc(NN)[nH]n1. The van der Waals surface area contributed by atoms with E-state index in [1.54, 1.807) is 6.07 Å². The lowest BCUT2D eigenvalue weighted by molar-refractivity contribution is 0.326. The number of nitrogens with zero attached hydrogens (tertiary/aromatic N) is 1. The molecule has 0 saturated heterocycles. The van der Waals surface area contributed by atoms with Gasteiger partial charge in [-0.2, -0.15) is 0 Å². The van der Waals surface area contributed by atoms with Gasteiger partial charge in [0.25, 0.3) is 0 Å². The van der Waals surface area contributed by atoms with E-state index in [9.17, 15) is 0 Å². The zero-order chi connectivity index (χ0) is 7.40. The van der Waals surface area contributed by atoms with Gasteiger partial charge < -0.3 is 10.2 Å². The summed E-state index contributed by atoms with van der Waals surface area (Å²) in [5, 5.41) is 6.42. The average Bonchev–Trinajstić information content (AvgIpc) is 2.37. The van der Waals surface area contributed by atoms with Gasteiger partial charge in [-0.15, -0.1) is 5.10 Å². The molecule has 0 fully saturated rings. The van der Waals surface area contributed by atoms with Crippen molar-refractivity contribution in [2.45, 2.75) is 6.92 Å². The fourth-order valence-corrected chi connectivity index (χ4v) is 0.599. The number of nitrogen functional groups attached to an aromatic ring is 1. The van der Waals surface area contributed by atoms with E-state index in [0.717, 1.165) is 0 Å². The summed E-state index contributed by atoms with van der Waals surface area (Å²) in [6.07, 6.45) is 0. The number of aromatic amines is 1. The lowest BCUT2D eigenvalue weighted by Gasteiger charge is -1.92. The molecule has 0 spiro atoms. The average molecular weight is 142 g/mol. The molecule has 56 valence electrons. The largest absolute Gasteiger partial charge is 0.477 e. The van der Waals surface area contributed by atoms with Gasteiger partial charge in [-0.1, -0.05) is 0 Å². The number of nitrogens with one attached hydrogen (secondary N) is 2. The van der Waals surface area contributed by atoms with Crippen molar-refractivity contribution in [3.8, 4) is 5.88 Å². The first-order valence-corrected chi connectivity index (χ1v) is 3.01. The molecule has 10 heavy (non-hydrogen) atoms. The van der Waals surface area contributed by atoms with E-state index in [0.29, 0.717) is 18.3 Å². The van der Waals surface area contributed by atoms with Crippen LogP contribution in [0.15, 0.2) is 6.07 Å². The number of aromatic nitrogens is 2. The molecule has 0 unspecified atom stereocenters. The van der Waals surface area contributed by atoms with Gasteiger partial charge in [0, 0.05) is 6.07 Å². The van der Waals surface area contributed by atoms with Crippen LogP contribution in [-0.4, -0.2) is 16.8 Å². The molecule has 1 aromatic heterocycles. The molecule has 0 saturated carbocycles. The van der Waals surface area contributed by atoms with E-state index in [1.165, 1.54) is 0 Å². The summed E-state index contributed by atoms with van der Waals surface area (Å²) in [5.41, 5.74) is 2.41. The Bertz CT molecular complexity index is 197. The lowest BCUT2D eigenvalue weighted by atomic mass is 10.6. The summed E-state index contributed by atoms with van der Waals surface area (Å²) in [6, 6.07) is 1.68. The molecule has 0 aromatic carbocycles. The van der Waals surface area contributed by atoms with Gasteiger partial charge in [0.05, 0.1) is 6.61 Å². The highest BCUT2D eigenvalue weighted by Crippen LogP contribution is 2.10. The number of nitrogens with two attached hydrogens (primary N) is 1. The molecule has 1 heterocycles. The molecule has 0 radical (unpaired) electrons. The summed E-state index contributed by atoms with van der Waals surface area (Å²) in [5.74, 6) is 6.28. The van der Waals surface area contributed by atoms with Gasteiger partial charge in [0.2, 0.25) is 5.88 Å². The van der Waals surface area contributed by atoms with Gasteiger partial charge in [-0.05, 0) is 6.92 Å². The topological polar surface area (TPSA) is 76.0 Å². The van der Waals surface area contributed by atoms with E-state index in [2.05, 4.69) is 15.6 Å². The molecule has 0 atom stereocenters. The molecule has 0 aliphatic heterocycles. The van der Waals surface area contributed by atoms with Crippen molar-refractivity contribution in [1.82, 2.24) is 10.2 Å². The second-order valence-corrected chi connectivity index (χ2v) is 1.70. The van der Waals surface area contributed by atoms with E-state index < -0.39 is 0 Å². The summed E-state index contributed by atoms with van der Waals surface area (Å²) >= 11 is 0. The smallest absolute Gasteiger partial charge is 0.234 e. The standard InChI is InChI=1S/C5H10N4O/c1-2-10-5-3-4(7-6)8-9-5/h3H,2,6H2,1H3,(H2,7,8,9). The van der Waals surface area contributed by atoms with Crippen molar-refractivity contribution in [2.24, 2.45) is 5.84 Å². The summed E-state index contributed by atoms with van der Waals surface area (Å²) in [7, 11) is 0. The number of anilines is 1. The van der Waals surface area contributed by atoms with Crippen LogP contribution in [0.1, 0.15) is 6.92 Å². The number of ether oxygens (including phenoxy) is 1. The van der Waals surface area contributed by atoms with Crippen LogP contribution in [0.3, 0.4) is 0 Å². The van der Waals surface area contributed by atoms with Crippen LogP contribution >= 0.6 is 0 Å². The second-order valence-electron chi connectivity index (χ2n) is 1.70. The first-order valence-electron chi connectivity index (χ1n) is 3.01. The Kier molecular flexibility index (Phi) is 2.11. The van der Waals surface area contributed by atoms with Gasteiger partial charge >= 0.3 is 0 Å². The third kappa shape index (κ3) is 1.38. The Morgan fingerprint density at radius 3 is 3.20 bits per heavy atom. The first kappa shape index (κ1) is 6.88. The number of rotatable bonds is 3. The Balaban J connectivity index is 2.59. The molecule has 0 bridgehead atoms. The first-order chi connectivity index (χ1) is 4.86. The normalized spacial score (nSPS) is 9.40. The highest BCUT2D eigenvalue weighted by Gasteiger charge is 1.96. The second kappa shape index (κ2) is 3.07. The lowest BCUT2D eigenvalue weighted by Crippen LogP contribution is -2.06. The van der Waals surface area contributed by atoms with Gasteiger partial charge in [0.1, 0.15) is 5.82 Å². The minimum atomic E-state index is 0.551. The van der Waals surface area contributed by atoms with Crippen molar-refractivity contribution in [3.63, 3.8) is 0 Å². The van der Waals surface area contributed by atoms with E-state index >= 15 is 0 Å². The summed E-state index contributed by atoms with van der Waals surface area (Å²) < 4.78 is 5.05. The van der Waals surface area contributed by atoms with Crippen molar-refractivity contribution >= 4 is 5.82 Å². The summed E-state index contributed by atoms with van der Waals surface area (Å²) in [4.78, 5) is 0. The van der Waals surface area contributed by atoms with E-state index in [4.69, 9.17) is 10.6 Å². The maximum absolute atomic E-state index is 5.08. The molecule has 0 aliphatic rings. The highest BCUT2D eigenvalue weighted by molar-refractivity contribution is 5.35. The van der Waals surface area contributed by atoms with E-state index in [-0.39, 0.29) is 0 Å². The van der Waals surface area contributed by atoms with Crippen LogP contribution in [0.4, 0.5) is 5.82 Å². The van der Waals surface area contributed by atoms with Crippen LogP contribution in [0.2, 0.25) is 0 Å². The third-order valence-corrected chi connectivity index (χ3v) is 1.00. The van der Waals surface area contributed by atoms with Gasteiger partial charge in [-0.3, -0.25) is 5.10 Å². The molecule has 1 rings (SSSR count). The van der Waals surface area contributed by atoms with Crippen molar-refractivity contribution in [1.29, 1.82) is 0 Å². The molecule has 5 heteroatoms. The van der Waals surface area contributed by atoms with Crippen molar-refractivity contribution in [2.75, 3.05) is 12.0 Å². The molecular weight excluding hydrogens is 132 g/mol. The van der Waals surface area contributed by atoms with Gasteiger partial charge in [-0.25, -0.2) is 5.84 Å². The molecule has 0 aliphatic carbocycles. The Hall–Kier alpha value is -1.23. The fourth-order valence-electron chi connectivity index (χ4n) is 0.599. The fraction of sp³-hybridized carbons (Fsp3) is 0.400. The van der Waals surface area contributed by atoms with Crippen LogP contribution < -0.4 is 16.0 Å². The molecule has 1 aromatic rings. The maximum Gasteiger partial charge on any atom is 0.234 e. The molecule has 0 amide bonds. The zero-order valence-corrected chi connectivity index (χ0v) is 5.72. The Morgan fingerprint density at radius 2 is 2.70 bits per heavy atom. The third-order valence-electron chi connectivity index (χ3n) is 1.00. The quantitative estimate of drug-likeness (QED) is 0.413. The number of hydrogen-bond acceptors (Lipinski definition) is 4. The van der Waals surface area contributed by atoms with Crippen LogP contribution in [0, 0.1) is 0 Å². The number of hydrogen-bond donors (Lipinski definition) is 3. The highest BCUT2D eigenvalue weighted by atomic mass is 16.5. The van der Waals surface area contributed by atoms with E-state index in [1.807, 2.05) is 6.92 Å². The Morgan fingerprint density at radius 1 is 1.90 bits per heavy atom. The predicted octanol–water partition coefficient (Wildman–Crippen LogP) is 0.0940. The molecule has 5 nitrogen and oxygen atoms in total. The van der Waals surface area contributed by atoms with Crippen LogP contribution in [-0.2, 0) is 0 Å². The minimum absolute atomic E-state index is 0.551. The van der Waals surface area contributed by atoms with Crippen LogP contribution in [0.25, 0.3) is 0 Å². The molecular formula is C5H10N4O. The van der Waals surface area contributed by atoms with Crippen LogP contribution in [0.5, 0.6) is 5.88 Å². The molecule has 4 N–H and O–H groups in total. The monoisotopic (exact) mass is 142 g/mol. The van der Waals surface area contributed by atoms with Crippen molar-refractivity contribution < 1.29 is 4.74 Å². The number of H-pyrrole nitrogens is 1. The Labute approximate surface area is 58.5 Å². The minimum Gasteiger partial charge on any atom is -0.477 e. The zero-order valence-electron chi connectivity index (χ0n) is 5.72. The van der Waals surface area contributed by atoms with Crippen molar-refractivity contribution in [3.05, 3.63) is 6.07 Å². The number of hydrazine groups is 1.